The first-order chi connectivity index (χ1) is 6.28. The van der Waals surface area contributed by atoms with Gasteiger partial charge in [0.25, 0.3) is 0 Å². The van der Waals surface area contributed by atoms with Crippen molar-refractivity contribution < 1.29 is 4.39 Å². The van der Waals surface area contributed by atoms with Gasteiger partial charge in [-0.25, -0.2) is 4.39 Å². The highest BCUT2D eigenvalue weighted by atomic mass is 79.9. The van der Waals surface area contributed by atoms with E-state index >= 15 is 0 Å². The molecule has 0 aromatic heterocycles. The Balaban J connectivity index is 2.38. The Morgan fingerprint density at radius 2 is 2.00 bits per heavy atom. The van der Waals surface area contributed by atoms with Crippen molar-refractivity contribution in [3.8, 4) is 0 Å². The lowest BCUT2D eigenvalue weighted by Crippen LogP contribution is -2.36. The summed E-state index contributed by atoms with van der Waals surface area (Å²) in [5.41, 5.74) is 0.976. The van der Waals surface area contributed by atoms with Crippen molar-refractivity contribution in [2.75, 3.05) is 5.33 Å². The van der Waals surface area contributed by atoms with E-state index in [0.717, 1.165) is 23.7 Å². The quantitative estimate of drug-likeness (QED) is 0.695. The van der Waals surface area contributed by atoms with Crippen molar-refractivity contribution in [2.24, 2.45) is 0 Å². The largest absolute Gasteiger partial charge is 0.207 e. The summed E-state index contributed by atoms with van der Waals surface area (Å²) in [7, 11) is 0. The van der Waals surface area contributed by atoms with Gasteiger partial charge in [0.15, 0.2) is 0 Å². The lowest BCUT2D eigenvalue weighted by molar-refractivity contribution is 0.271. The van der Waals surface area contributed by atoms with E-state index in [2.05, 4.69) is 15.9 Å². The van der Waals surface area contributed by atoms with E-state index in [1.807, 2.05) is 12.1 Å². The zero-order chi connectivity index (χ0) is 9.31. The molecule has 70 valence electrons. The standard InChI is InChI=1S/C11H12BrF/c12-8-11(6-3-7-11)9-4-1-2-5-10(9)13/h1-2,4-5H,3,6-8H2. The van der Waals surface area contributed by atoms with E-state index in [-0.39, 0.29) is 11.2 Å². The normalized spacial score (nSPS) is 19.5. The summed E-state index contributed by atoms with van der Waals surface area (Å²) < 4.78 is 13.5. The molecule has 1 aliphatic rings. The number of alkyl halides is 1. The molecule has 0 saturated heterocycles. The van der Waals surface area contributed by atoms with E-state index in [9.17, 15) is 4.39 Å². The molecule has 2 rings (SSSR count). The number of halogens is 2. The van der Waals surface area contributed by atoms with Gasteiger partial charge in [-0.2, -0.15) is 0 Å². The van der Waals surface area contributed by atoms with Gasteiger partial charge in [-0.3, -0.25) is 0 Å². The molecule has 0 unspecified atom stereocenters. The third kappa shape index (κ3) is 1.41. The van der Waals surface area contributed by atoms with Crippen LogP contribution in [-0.4, -0.2) is 5.33 Å². The molecule has 0 atom stereocenters. The molecule has 1 saturated carbocycles. The second-order valence-corrected chi connectivity index (χ2v) is 4.31. The Morgan fingerprint density at radius 3 is 2.46 bits per heavy atom. The Morgan fingerprint density at radius 1 is 1.31 bits per heavy atom. The number of hydrogen-bond donors (Lipinski definition) is 0. The zero-order valence-electron chi connectivity index (χ0n) is 7.39. The van der Waals surface area contributed by atoms with Gasteiger partial charge in [0.1, 0.15) is 5.82 Å². The van der Waals surface area contributed by atoms with Crippen LogP contribution in [0.15, 0.2) is 24.3 Å². The molecule has 0 N–H and O–H groups in total. The fourth-order valence-corrected chi connectivity index (χ4v) is 2.83. The molecule has 0 radical (unpaired) electrons. The van der Waals surface area contributed by atoms with Crippen LogP contribution in [0.25, 0.3) is 0 Å². The fraction of sp³-hybridized carbons (Fsp3) is 0.455. The van der Waals surface area contributed by atoms with Crippen LogP contribution in [0.4, 0.5) is 4.39 Å². The Bertz CT molecular complexity index is 299. The number of rotatable bonds is 2. The summed E-state index contributed by atoms with van der Waals surface area (Å²) in [5, 5.41) is 0.876. The summed E-state index contributed by atoms with van der Waals surface area (Å²) in [6, 6.07) is 7.13. The highest BCUT2D eigenvalue weighted by Crippen LogP contribution is 2.45. The molecule has 0 amide bonds. The van der Waals surface area contributed by atoms with Crippen LogP contribution in [0.3, 0.4) is 0 Å². The molecule has 1 fully saturated rings. The smallest absolute Gasteiger partial charge is 0.126 e. The predicted molar refractivity (Wildman–Crippen MR) is 55.7 cm³/mol. The molecule has 13 heavy (non-hydrogen) atoms. The first-order valence-corrected chi connectivity index (χ1v) is 5.72. The molecule has 1 aromatic carbocycles. The summed E-state index contributed by atoms with van der Waals surface area (Å²) >= 11 is 3.49. The van der Waals surface area contributed by atoms with E-state index in [0.29, 0.717) is 0 Å². The maximum atomic E-state index is 13.5. The van der Waals surface area contributed by atoms with Crippen LogP contribution < -0.4 is 0 Å². The van der Waals surface area contributed by atoms with Crippen LogP contribution in [-0.2, 0) is 5.41 Å². The second kappa shape index (κ2) is 3.41. The molecule has 0 bridgehead atoms. The van der Waals surface area contributed by atoms with Crippen LogP contribution in [0, 0.1) is 5.82 Å². The highest BCUT2D eigenvalue weighted by molar-refractivity contribution is 9.09. The van der Waals surface area contributed by atoms with Gasteiger partial charge in [0.2, 0.25) is 0 Å². The first kappa shape index (κ1) is 9.20. The minimum absolute atomic E-state index is 0.0540. The molecule has 1 aliphatic carbocycles. The monoisotopic (exact) mass is 242 g/mol. The molecule has 0 heterocycles. The van der Waals surface area contributed by atoms with E-state index in [4.69, 9.17) is 0 Å². The van der Waals surface area contributed by atoms with Crippen LogP contribution in [0.5, 0.6) is 0 Å². The molecule has 0 nitrogen and oxygen atoms in total. The van der Waals surface area contributed by atoms with E-state index in [1.165, 1.54) is 6.42 Å². The Hall–Kier alpha value is -0.370. The van der Waals surface area contributed by atoms with Gasteiger partial charge in [-0.1, -0.05) is 40.5 Å². The minimum Gasteiger partial charge on any atom is -0.207 e. The molecule has 1 aromatic rings. The van der Waals surface area contributed by atoms with Gasteiger partial charge in [-0.05, 0) is 24.5 Å². The van der Waals surface area contributed by atoms with Crippen molar-refractivity contribution in [3.05, 3.63) is 35.6 Å². The molecular weight excluding hydrogens is 231 g/mol. The van der Waals surface area contributed by atoms with Crippen molar-refractivity contribution in [2.45, 2.75) is 24.7 Å². The van der Waals surface area contributed by atoms with Crippen molar-refractivity contribution >= 4 is 15.9 Å². The number of benzene rings is 1. The lowest BCUT2D eigenvalue weighted by atomic mass is 9.66. The Labute approximate surface area is 86.3 Å². The van der Waals surface area contributed by atoms with E-state index in [1.54, 1.807) is 12.1 Å². The summed E-state index contributed by atoms with van der Waals surface area (Å²) in [6.07, 6.45) is 3.44. The lowest BCUT2D eigenvalue weighted by Gasteiger charge is -2.41. The van der Waals surface area contributed by atoms with Gasteiger partial charge >= 0.3 is 0 Å². The van der Waals surface area contributed by atoms with E-state index < -0.39 is 0 Å². The average molecular weight is 243 g/mol. The van der Waals surface area contributed by atoms with Crippen LogP contribution in [0.1, 0.15) is 24.8 Å². The maximum absolute atomic E-state index is 13.5. The number of hydrogen-bond acceptors (Lipinski definition) is 0. The van der Waals surface area contributed by atoms with Gasteiger partial charge < -0.3 is 0 Å². The maximum Gasteiger partial charge on any atom is 0.126 e. The summed E-state index contributed by atoms with van der Waals surface area (Å²) in [4.78, 5) is 0. The van der Waals surface area contributed by atoms with Crippen LogP contribution in [0.2, 0.25) is 0 Å². The molecular formula is C11H12BrF. The molecule has 0 spiro atoms. The average Bonchev–Trinajstić information content (AvgIpc) is 2.07. The SMILES string of the molecule is Fc1ccccc1C1(CBr)CCC1. The third-order valence-electron chi connectivity index (χ3n) is 3.01. The second-order valence-electron chi connectivity index (χ2n) is 3.75. The summed E-state index contributed by atoms with van der Waals surface area (Å²) in [5.74, 6) is -0.0540. The minimum atomic E-state index is -0.0540. The zero-order valence-corrected chi connectivity index (χ0v) is 8.98. The van der Waals surface area contributed by atoms with Crippen molar-refractivity contribution in [1.82, 2.24) is 0 Å². The third-order valence-corrected chi connectivity index (χ3v) is 4.09. The van der Waals surface area contributed by atoms with Crippen molar-refractivity contribution in [3.63, 3.8) is 0 Å². The fourth-order valence-electron chi connectivity index (χ4n) is 1.97. The molecule has 2 heteroatoms. The molecule has 0 aliphatic heterocycles. The Kier molecular flexibility index (Phi) is 2.41. The topological polar surface area (TPSA) is 0 Å². The van der Waals surface area contributed by atoms with Crippen molar-refractivity contribution in [1.29, 1.82) is 0 Å². The first-order valence-electron chi connectivity index (χ1n) is 4.59. The van der Waals surface area contributed by atoms with Crippen LogP contribution >= 0.6 is 15.9 Å². The van der Waals surface area contributed by atoms with Gasteiger partial charge in [-0.15, -0.1) is 0 Å². The van der Waals surface area contributed by atoms with Gasteiger partial charge in [0.05, 0.1) is 0 Å². The van der Waals surface area contributed by atoms with Gasteiger partial charge in [0, 0.05) is 10.7 Å². The highest BCUT2D eigenvalue weighted by Gasteiger charge is 2.39. The summed E-state index contributed by atoms with van der Waals surface area (Å²) in [6.45, 7) is 0. The predicted octanol–water partition coefficient (Wildman–Crippen LogP) is 3.64.